The van der Waals surface area contributed by atoms with E-state index in [-0.39, 0.29) is 18.1 Å². The Balaban J connectivity index is 1.91. The summed E-state index contributed by atoms with van der Waals surface area (Å²) in [6, 6.07) is 15.7. The van der Waals surface area contributed by atoms with Gasteiger partial charge in [-0.3, -0.25) is 4.79 Å². The fourth-order valence-electron chi connectivity index (χ4n) is 2.78. The molecule has 0 aromatic heterocycles. The maximum atomic E-state index is 12.3. The van der Waals surface area contributed by atoms with Gasteiger partial charge in [0.25, 0.3) is 0 Å². The minimum atomic E-state index is -0.0691. The van der Waals surface area contributed by atoms with E-state index in [1.165, 1.54) is 0 Å². The highest BCUT2D eigenvalue weighted by Crippen LogP contribution is 2.21. The quantitative estimate of drug-likeness (QED) is 0.710. The van der Waals surface area contributed by atoms with Gasteiger partial charge in [0.15, 0.2) is 0 Å². The second kappa shape index (κ2) is 9.85. The molecule has 1 atom stereocenters. The number of para-hydroxylation sites is 1. The molecule has 2 rings (SSSR count). The maximum Gasteiger partial charge on any atom is 0.220 e. The van der Waals surface area contributed by atoms with E-state index in [9.17, 15) is 4.79 Å². The van der Waals surface area contributed by atoms with Gasteiger partial charge in [-0.2, -0.15) is 0 Å². The summed E-state index contributed by atoms with van der Waals surface area (Å²) in [6.45, 7) is 8.56. The molecule has 1 N–H and O–H groups in total. The highest BCUT2D eigenvalue weighted by Gasteiger charge is 2.12. The number of ether oxygens (including phenoxy) is 2. The van der Waals surface area contributed by atoms with Crippen LogP contribution in [0.5, 0.6) is 11.5 Å². The van der Waals surface area contributed by atoms with Crippen LogP contribution in [0.25, 0.3) is 0 Å². The first-order valence-corrected chi connectivity index (χ1v) is 9.26. The number of rotatable bonds is 9. The van der Waals surface area contributed by atoms with Crippen LogP contribution in [0, 0.1) is 0 Å². The summed E-state index contributed by atoms with van der Waals surface area (Å²) in [5, 5.41) is 3.06. The Hall–Kier alpha value is -2.49. The monoisotopic (exact) mass is 355 g/mol. The van der Waals surface area contributed by atoms with Crippen molar-refractivity contribution in [2.24, 2.45) is 0 Å². The highest BCUT2D eigenvalue weighted by molar-refractivity contribution is 5.76. The molecule has 0 saturated heterocycles. The van der Waals surface area contributed by atoms with Crippen molar-refractivity contribution in [1.82, 2.24) is 5.32 Å². The Morgan fingerprint density at radius 2 is 1.85 bits per heavy atom. The molecule has 4 nitrogen and oxygen atoms in total. The molecule has 0 saturated carbocycles. The largest absolute Gasteiger partial charge is 0.494 e. The Kier molecular flexibility index (Phi) is 7.52. The normalized spacial score (nSPS) is 11.9. The average molecular weight is 355 g/mol. The van der Waals surface area contributed by atoms with E-state index in [0.29, 0.717) is 19.4 Å². The summed E-state index contributed by atoms with van der Waals surface area (Å²) in [4.78, 5) is 12.3. The van der Waals surface area contributed by atoms with Gasteiger partial charge in [-0.1, -0.05) is 30.3 Å². The molecular weight excluding hydrogens is 326 g/mol. The van der Waals surface area contributed by atoms with Crippen molar-refractivity contribution in [2.75, 3.05) is 6.61 Å². The second-order valence-electron chi connectivity index (χ2n) is 6.57. The number of carbonyl (C=O) groups excluding carboxylic acids is 1. The summed E-state index contributed by atoms with van der Waals surface area (Å²) in [5.41, 5.74) is 2.09. The van der Waals surface area contributed by atoms with Gasteiger partial charge in [-0.05, 0) is 63.4 Å². The Labute approximate surface area is 156 Å². The summed E-state index contributed by atoms with van der Waals surface area (Å²) >= 11 is 0. The number of carbonyl (C=O) groups is 1. The van der Waals surface area contributed by atoms with Crippen molar-refractivity contribution in [3.05, 3.63) is 59.7 Å². The minimum absolute atomic E-state index is 0.0268. The zero-order valence-electron chi connectivity index (χ0n) is 16.1. The van der Waals surface area contributed by atoms with E-state index in [0.717, 1.165) is 22.6 Å². The Bertz CT molecular complexity index is 712. The standard InChI is InChI=1S/C22H29NO3/c1-5-25-21-12-7-6-9-18(21)13-14-22(24)23-17(4)19-10-8-11-20(15-19)26-16(2)3/h6-12,15-17H,5,13-14H2,1-4H3,(H,23,24). The van der Waals surface area contributed by atoms with Gasteiger partial charge in [0.2, 0.25) is 5.91 Å². The maximum absolute atomic E-state index is 12.3. The number of nitrogens with one attached hydrogen (secondary N) is 1. The molecular formula is C22H29NO3. The smallest absolute Gasteiger partial charge is 0.220 e. The molecule has 0 spiro atoms. The van der Waals surface area contributed by atoms with Crippen molar-refractivity contribution < 1.29 is 14.3 Å². The van der Waals surface area contributed by atoms with Crippen LogP contribution in [-0.4, -0.2) is 18.6 Å². The Morgan fingerprint density at radius 1 is 1.08 bits per heavy atom. The van der Waals surface area contributed by atoms with Crippen molar-refractivity contribution in [1.29, 1.82) is 0 Å². The van der Waals surface area contributed by atoms with Crippen LogP contribution >= 0.6 is 0 Å². The SMILES string of the molecule is CCOc1ccccc1CCC(=O)NC(C)c1cccc(OC(C)C)c1. The van der Waals surface area contributed by atoms with Crippen LogP contribution in [0.3, 0.4) is 0 Å². The molecule has 0 radical (unpaired) electrons. The molecule has 1 amide bonds. The van der Waals surface area contributed by atoms with E-state index < -0.39 is 0 Å². The molecule has 0 heterocycles. The van der Waals surface area contributed by atoms with E-state index in [4.69, 9.17) is 9.47 Å². The molecule has 4 heteroatoms. The molecule has 0 aliphatic heterocycles. The number of benzene rings is 2. The van der Waals surface area contributed by atoms with Crippen LogP contribution in [-0.2, 0) is 11.2 Å². The van der Waals surface area contributed by atoms with E-state index in [2.05, 4.69) is 5.32 Å². The predicted octanol–water partition coefficient (Wildman–Crippen LogP) is 4.68. The lowest BCUT2D eigenvalue weighted by atomic mass is 10.1. The van der Waals surface area contributed by atoms with Crippen LogP contribution in [0.2, 0.25) is 0 Å². The second-order valence-corrected chi connectivity index (χ2v) is 6.57. The fourth-order valence-corrected chi connectivity index (χ4v) is 2.78. The summed E-state index contributed by atoms with van der Waals surface area (Å²) < 4.78 is 11.3. The number of aryl methyl sites for hydroxylation is 1. The lowest BCUT2D eigenvalue weighted by molar-refractivity contribution is -0.121. The van der Waals surface area contributed by atoms with Gasteiger partial charge in [-0.15, -0.1) is 0 Å². The molecule has 0 bridgehead atoms. The molecule has 2 aromatic rings. The zero-order chi connectivity index (χ0) is 18.9. The molecule has 2 aromatic carbocycles. The zero-order valence-corrected chi connectivity index (χ0v) is 16.1. The molecule has 0 fully saturated rings. The lowest BCUT2D eigenvalue weighted by Gasteiger charge is -2.17. The predicted molar refractivity (Wildman–Crippen MR) is 105 cm³/mol. The molecule has 26 heavy (non-hydrogen) atoms. The van der Waals surface area contributed by atoms with Gasteiger partial charge in [0.05, 0.1) is 18.8 Å². The third-order valence-electron chi connectivity index (χ3n) is 4.00. The van der Waals surface area contributed by atoms with Crippen LogP contribution in [0.4, 0.5) is 0 Å². The van der Waals surface area contributed by atoms with E-state index in [1.54, 1.807) is 0 Å². The third kappa shape index (κ3) is 6.10. The summed E-state index contributed by atoms with van der Waals surface area (Å²) in [7, 11) is 0. The number of hydrogen-bond acceptors (Lipinski definition) is 3. The highest BCUT2D eigenvalue weighted by atomic mass is 16.5. The summed E-state index contributed by atoms with van der Waals surface area (Å²) in [6.07, 6.45) is 1.21. The average Bonchev–Trinajstić information content (AvgIpc) is 2.61. The van der Waals surface area contributed by atoms with Crippen molar-refractivity contribution in [3.63, 3.8) is 0 Å². The van der Waals surface area contributed by atoms with E-state index in [1.807, 2.05) is 76.2 Å². The first-order chi connectivity index (χ1) is 12.5. The fraction of sp³-hybridized carbons (Fsp3) is 0.409. The van der Waals surface area contributed by atoms with Gasteiger partial charge >= 0.3 is 0 Å². The van der Waals surface area contributed by atoms with Crippen LogP contribution < -0.4 is 14.8 Å². The van der Waals surface area contributed by atoms with Gasteiger partial charge in [0.1, 0.15) is 11.5 Å². The molecule has 0 aliphatic rings. The van der Waals surface area contributed by atoms with Gasteiger partial charge < -0.3 is 14.8 Å². The number of amides is 1. The molecule has 0 aliphatic carbocycles. The first kappa shape index (κ1) is 19.8. The van der Waals surface area contributed by atoms with Crippen LogP contribution in [0.15, 0.2) is 48.5 Å². The minimum Gasteiger partial charge on any atom is -0.494 e. The molecule has 140 valence electrons. The van der Waals surface area contributed by atoms with Gasteiger partial charge in [-0.25, -0.2) is 0 Å². The topological polar surface area (TPSA) is 47.6 Å². The first-order valence-electron chi connectivity index (χ1n) is 9.26. The Morgan fingerprint density at radius 3 is 2.58 bits per heavy atom. The van der Waals surface area contributed by atoms with Crippen molar-refractivity contribution in [3.8, 4) is 11.5 Å². The summed E-state index contributed by atoms with van der Waals surface area (Å²) in [5.74, 6) is 1.71. The van der Waals surface area contributed by atoms with E-state index >= 15 is 0 Å². The van der Waals surface area contributed by atoms with Crippen molar-refractivity contribution >= 4 is 5.91 Å². The lowest BCUT2D eigenvalue weighted by Crippen LogP contribution is -2.26. The van der Waals surface area contributed by atoms with Crippen LogP contribution in [0.1, 0.15) is 51.3 Å². The van der Waals surface area contributed by atoms with Crippen molar-refractivity contribution in [2.45, 2.75) is 52.7 Å². The number of hydrogen-bond donors (Lipinski definition) is 1. The third-order valence-corrected chi connectivity index (χ3v) is 4.00. The molecule has 1 unspecified atom stereocenters. The van der Waals surface area contributed by atoms with Gasteiger partial charge in [0, 0.05) is 6.42 Å².